The lowest BCUT2D eigenvalue weighted by molar-refractivity contribution is -0.127. The first kappa shape index (κ1) is 21.4. The van der Waals surface area contributed by atoms with E-state index in [1.165, 1.54) is 11.8 Å². The molecule has 8 heteroatoms. The summed E-state index contributed by atoms with van der Waals surface area (Å²) < 4.78 is 0. The molecule has 1 heterocycles. The van der Waals surface area contributed by atoms with Gasteiger partial charge in [0, 0.05) is 13.0 Å². The molecule has 0 spiro atoms. The highest BCUT2D eigenvalue weighted by Gasteiger charge is 2.38. The number of benzene rings is 2. The third-order valence-corrected chi connectivity index (χ3v) is 6.25. The maximum absolute atomic E-state index is 12.8. The fourth-order valence-electron chi connectivity index (χ4n) is 2.78. The summed E-state index contributed by atoms with van der Waals surface area (Å²) >= 11 is 13.4. The van der Waals surface area contributed by atoms with Crippen molar-refractivity contribution in [3.63, 3.8) is 0 Å². The Morgan fingerprint density at radius 2 is 2.03 bits per heavy atom. The van der Waals surface area contributed by atoms with Crippen molar-refractivity contribution in [1.29, 1.82) is 0 Å². The standard InChI is InChI=1S/C21H19Cl2N3O2S/c1-3-11-26-20(28)17(29-21(26)25-15-9-5-4-7-13(15)2)12-18(27)24-16-10-6-8-14(22)19(16)23/h3-10,17H,1,11-12H2,2H3,(H,24,27)/t17-/m1/s1. The molecule has 3 rings (SSSR count). The Balaban J connectivity index is 1.77. The van der Waals surface area contributed by atoms with Crippen LogP contribution in [0.2, 0.25) is 10.0 Å². The average molecular weight is 448 g/mol. The molecule has 1 fully saturated rings. The van der Waals surface area contributed by atoms with Gasteiger partial charge in [-0.3, -0.25) is 14.5 Å². The molecule has 0 radical (unpaired) electrons. The maximum Gasteiger partial charge on any atom is 0.242 e. The van der Waals surface area contributed by atoms with Gasteiger partial charge in [0.1, 0.15) is 5.25 Å². The summed E-state index contributed by atoms with van der Waals surface area (Å²) in [7, 11) is 0. The molecule has 0 unspecified atom stereocenters. The topological polar surface area (TPSA) is 61.8 Å². The van der Waals surface area contributed by atoms with E-state index in [0.717, 1.165) is 11.3 Å². The lowest BCUT2D eigenvalue weighted by atomic mass is 10.2. The molecular weight excluding hydrogens is 429 g/mol. The lowest BCUT2D eigenvalue weighted by Gasteiger charge is -2.14. The van der Waals surface area contributed by atoms with E-state index < -0.39 is 5.25 Å². The van der Waals surface area contributed by atoms with Crippen molar-refractivity contribution in [3.8, 4) is 0 Å². The Labute approximate surface area is 183 Å². The van der Waals surface area contributed by atoms with Gasteiger partial charge in [0.05, 0.1) is 21.4 Å². The van der Waals surface area contributed by atoms with Crippen LogP contribution >= 0.6 is 35.0 Å². The van der Waals surface area contributed by atoms with Crippen LogP contribution in [0.5, 0.6) is 0 Å². The Bertz CT molecular complexity index is 994. The second-order valence-corrected chi connectivity index (χ2v) is 8.33. The van der Waals surface area contributed by atoms with Crippen molar-refractivity contribution in [2.75, 3.05) is 11.9 Å². The van der Waals surface area contributed by atoms with Crippen molar-refractivity contribution in [3.05, 3.63) is 70.7 Å². The van der Waals surface area contributed by atoms with Gasteiger partial charge in [-0.05, 0) is 30.7 Å². The highest BCUT2D eigenvalue weighted by Crippen LogP contribution is 2.33. The van der Waals surface area contributed by atoms with Gasteiger partial charge in [0.15, 0.2) is 5.17 Å². The molecule has 1 aliphatic rings. The molecule has 1 atom stereocenters. The van der Waals surface area contributed by atoms with E-state index in [1.54, 1.807) is 29.2 Å². The lowest BCUT2D eigenvalue weighted by Crippen LogP contribution is -2.33. The van der Waals surface area contributed by atoms with Crippen molar-refractivity contribution in [1.82, 2.24) is 4.90 Å². The van der Waals surface area contributed by atoms with E-state index in [1.807, 2.05) is 31.2 Å². The number of aryl methyl sites for hydroxylation is 1. The summed E-state index contributed by atoms with van der Waals surface area (Å²) in [6.45, 7) is 6.00. The summed E-state index contributed by atoms with van der Waals surface area (Å²) in [6.07, 6.45) is 1.63. The maximum atomic E-state index is 12.8. The zero-order valence-electron chi connectivity index (χ0n) is 15.7. The highest BCUT2D eigenvalue weighted by molar-refractivity contribution is 8.15. The van der Waals surface area contributed by atoms with E-state index in [0.29, 0.717) is 22.4 Å². The van der Waals surface area contributed by atoms with E-state index in [2.05, 4.69) is 16.9 Å². The molecular formula is C21H19Cl2N3O2S. The Hall–Kier alpha value is -2.28. The fraction of sp³-hybridized carbons (Fsp3) is 0.190. The molecule has 0 aliphatic carbocycles. The molecule has 29 heavy (non-hydrogen) atoms. The molecule has 1 aliphatic heterocycles. The van der Waals surface area contributed by atoms with Gasteiger partial charge in [-0.25, -0.2) is 4.99 Å². The van der Waals surface area contributed by atoms with Gasteiger partial charge in [-0.1, -0.05) is 65.3 Å². The minimum atomic E-state index is -0.573. The first-order chi connectivity index (χ1) is 13.9. The Morgan fingerprint density at radius 3 is 2.76 bits per heavy atom. The van der Waals surface area contributed by atoms with Crippen LogP contribution in [-0.2, 0) is 9.59 Å². The molecule has 2 aromatic carbocycles. The van der Waals surface area contributed by atoms with Crippen LogP contribution in [0.1, 0.15) is 12.0 Å². The zero-order valence-corrected chi connectivity index (χ0v) is 18.0. The number of halogens is 2. The number of thioether (sulfide) groups is 1. The van der Waals surface area contributed by atoms with Crippen LogP contribution in [0.15, 0.2) is 60.1 Å². The fourth-order valence-corrected chi connectivity index (χ4v) is 4.29. The second-order valence-electron chi connectivity index (χ2n) is 6.38. The van der Waals surface area contributed by atoms with Crippen molar-refractivity contribution < 1.29 is 9.59 Å². The Morgan fingerprint density at radius 1 is 1.28 bits per heavy atom. The first-order valence-corrected chi connectivity index (χ1v) is 10.5. The number of carbonyl (C=O) groups is 2. The molecule has 0 bridgehead atoms. The zero-order chi connectivity index (χ0) is 21.0. The van der Waals surface area contributed by atoms with E-state index in [9.17, 15) is 9.59 Å². The van der Waals surface area contributed by atoms with Gasteiger partial charge < -0.3 is 5.32 Å². The van der Waals surface area contributed by atoms with Crippen LogP contribution in [0.3, 0.4) is 0 Å². The molecule has 1 saturated heterocycles. The molecule has 2 amide bonds. The molecule has 2 aromatic rings. The number of nitrogens with one attached hydrogen (secondary N) is 1. The molecule has 5 nitrogen and oxygen atoms in total. The molecule has 1 N–H and O–H groups in total. The van der Waals surface area contributed by atoms with Crippen molar-refractivity contribution >= 4 is 63.3 Å². The number of carbonyl (C=O) groups excluding carboxylic acids is 2. The number of rotatable bonds is 6. The predicted octanol–water partition coefficient (Wildman–Crippen LogP) is 5.45. The van der Waals surface area contributed by atoms with Crippen LogP contribution in [0.4, 0.5) is 11.4 Å². The summed E-state index contributed by atoms with van der Waals surface area (Å²) in [5, 5.41) is 3.32. The third-order valence-electron chi connectivity index (χ3n) is 4.26. The van der Waals surface area contributed by atoms with Gasteiger partial charge in [-0.15, -0.1) is 6.58 Å². The average Bonchev–Trinajstić information content (AvgIpc) is 2.96. The van der Waals surface area contributed by atoms with E-state index >= 15 is 0 Å². The SMILES string of the molecule is C=CCN1C(=O)[C@@H](CC(=O)Nc2cccc(Cl)c2Cl)SC1=Nc1ccccc1C. The predicted molar refractivity (Wildman–Crippen MR) is 121 cm³/mol. The quantitative estimate of drug-likeness (QED) is 0.598. The van der Waals surface area contributed by atoms with Gasteiger partial charge in [0.2, 0.25) is 11.8 Å². The number of hydrogen-bond donors (Lipinski definition) is 1. The first-order valence-electron chi connectivity index (χ1n) is 8.88. The van der Waals surface area contributed by atoms with E-state index in [4.69, 9.17) is 23.2 Å². The number of amides is 2. The van der Waals surface area contributed by atoms with Crippen LogP contribution in [-0.4, -0.2) is 33.7 Å². The summed E-state index contributed by atoms with van der Waals surface area (Å²) in [5.41, 5.74) is 2.20. The molecule has 0 saturated carbocycles. The molecule has 0 aromatic heterocycles. The van der Waals surface area contributed by atoms with Gasteiger partial charge >= 0.3 is 0 Å². The number of anilines is 1. The number of para-hydroxylation sites is 1. The monoisotopic (exact) mass is 447 g/mol. The highest BCUT2D eigenvalue weighted by atomic mass is 35.5. The minimum Gasteiger partial charge on any atom is -0.325 e. The largest absolute Gasteiger partial charge is 0.325 e. The summed E-state index contributed by atoms with van der Waals surface area (Å²) in [4.78, 5) is 31.5. The smallest absolute Gasteiger partial charge is 0.242 e. The van der Waals surface area contributed by atoms with Gasteiger partial charge in [-0.2, -0.15) is 0 Å². The van der Waals surface area contributed by atoms with Crippen molar-refractivity contribution in [2.45, 2.75) is 18.6 Å². The molecule has 150 valence electrons. The van der Waals surface area contributed by atoms with Crippen LogP contribution in [0, 0.1) is 6.92 Å². The third kappa shape index (κ3) is 5.01. The minimum absolute atomic E-state index is 0.00717. The number of amidine groups is 1. The normalized spacial score (nSPS) is 17.6. The Kier molecular flexibility index (Phi) is 7.00. The number of aliphatic imine (C=N–C) groups is 1. The van der Waals surface area contributed by atoms with E-state index in [-0.39, 0.29) is 23.3 Å². The van der Waals surface area contributed by atoms with Crippen LogP contribution < -0.4 is 5.32 Å². The summed E-state index contributed by atoms with van der Waals surface area (Å²) in [6, 6.07) is 12.7. The second kappa shape index (κ2) is 9.48. The summed E-state index contributed by atoms with van der Waals surface area (Å²) in [5.74, 6) is -0.495. The van der Waals surface area contributed by atoms with Crippen LogP contribution in [0.25, 0.3) is 0 Å². The van der Waals surface area contributed by atoms with Crippen molar-refractivity contribution in [2.24, 2.45) is 4.99 Å². The van der Waals surface area contributed by atoms with Gasteiger partial charge in [0.25, 0.3) is 0 Å². The number of nitrogens with zero attached hydrogens (tertiary/aromatic N) is 2. The number of hydrogen-bond acceptors (Lipinski definition) is 4.